The van der Waals surface area contributed by atoms with Gasteiger partial charge in [-0.05, 0) is 44.8 Å². The SMILES string of the molecule is C#CCO[C@]1(C#CC)O[C@H](CO[Si](C)(C)C(C)(C)C)[C@H]2OC(C)(C)O[C@H]21. The molecule has 2 fully saturated rings. The molecule has 5 nitrogen and oxygen atoms in total. The van der Waals surface area contributed by atoms with Crippen molar-refractivity contribution in [3.8, 4) is 24.2 Å². The lowest BCUT2D eigenvalue weighted by Gasteiger charge is -2.37. The van der Waals surface area contributed by atoms with Gasteiger partial charge < -0.3 is 23.4 Å². The largest absolute Gasteiger partial charge is 0.414 e. The molecule has 0 aliphatic carbocycles. The zero-order chi connectivity index (χ0) is 19.8. The fourth-order valence-electron chi connectivity index (χ4n) is 2.93. The maximum absolute atomic E-state index is 6.36. The molecule has 26 heavy (non-hydrogen) atoms. The zero-order valence-electron chi connectivity index (χ0n) is 17.3. The monoisotopic (exact) mass is 380 g/mol. The predicted molar refractivity (Wildman–Crippen MR) is 103 cm³/mol. The third-order valence-corrected chi connectivity index (χ3v) is 9.78. The Balaban J connectivity index is 2.25. The number of rotatable bonds is 5. The molecular weight excluding hydrogens is 348 g/mol. The van der Waals surface area contributed by atoms with Gasteiger partial charge in [-0.3, -0.25) is 0 Å². The standard InChI is InChI=1S/C20H32O5Si/c1-10-12-20(21-13-11-2)17-16(24-19(6,7)25-17)15(23-20)14-22-26(8,9)18(3,4)5/h2,15-17H,13-14H2,1,3-9H3/t15-,16-,17-,20-/m1/s1. The molecular formula is C20H32O5Si. The van der Waals surface area contributed by atoms with Crippen molar-refractivity contribution in [2.45, 2.75) is 89.6 Å². The Bertz CT molecular complexity index is 619. The van der Waals surface area contributed by atoms with Crippen LogP contribution in [0.25, 0.3) is 0 Å². The van der Waals surface area contributed by atoms with Crippen molar-refractivity contribution < 1.29 is 23.4 Å². The van der Waals surface area contributed by atoms with Gasteiger partial charge in [0.05, 0.1) is 6.61 Å². The molecule has 2 rings (SSSR count). The third kappa shape index (κ3) is 4.17. The van der Waals surface area contributed by atoms with Crippen molar-refractivity contribution in [1.29, 1.82) is 0 Å². The van der Waals surface area contributed by atoms with Gasteiger partial charge in [0.1, 0.15) is 18.8 Å². The lowest BCUT2D eigenvalue weighted by atomic mass is 10.1. The predicted octanol–water partition coefficient (Wildman–Crippen LogP) is 3.30. The third-order valence-electron chi connectivity index (χ3n) is 5.28. The highest BCUT2D eigenvalue weighted by molar-refractivity contribution is 6.74. The number of hydrogen-bond acceptors (Lipinski definition) is 5. The number of terminal acetylenes is 1. The summed E-state index contributed by atoms with van der Waals surface area (Å²) in [5.74, 6) is 6.40. The van der Waals surface area contributed by atoms with Crippen LogP contribution in [0.15, 0.2) is 0 Å². The van der Waals surface area contributed by atoms with E-state index in [9.17, 15) is 0 Å². The minimum atomic E-state index is -1.93. The van der Waals surface area contributed by atoms with Crippen molar-refractivity contribution in [2.24, 2.45) is 0 Å². The summed E-state index contributed by atoms with van der Waals surface area (Å²) in [5, 5.41) is 0.109. The highest BCUT2D eigenvalue weighted by Gasteiger charge is 2.64. The van der Waals surface area contributed by atoms with E-state index in [0.29, 0.717) is 6.61 Å². The minimum Gasteiger partial charge on any atom is -0.414 e. The van der Waals surface area contributed by atoms with Crippen molar-refractivity contribution in [2.75, 3.05) is 13.2 Å². The van der Waals surface area contributed by atoms with E-state index >= 15 is 0 Å². The summed E-state index contributed by atoms with van der Waals surface area (Å²) in [6, 6.07) is 0. The van der Waals surface area contributed by atoms with Crippen molar-refractivity contribution >= 4 is 8.32 Å². The second-order valence-electron chi connectivity index (χ2n) is 8.78. The lowest BCUT2D eigenvalue weighted by Crippen LogP contribution is -2.45. The molecule has 2 aliphatic rings. The fourth-order valence-corrected chi connectivity index (χ4v) is 3.94. The summed E-state index contributed by atoms with van der Waals surface area (Å²) >= 11 is 0. The van der Waals surface area contributed by atoms with Crippen LogP contribution in [-0.4, -0.2) is 51.4 Å². The van der Waals surface area contributed by atoms with Crippen LogP contribution in [0.4, 0.5) is 0 Å². The van der Waals surface area contributed by atoms with Crippen LogP contribution >= 0.6 is 0 Å². The number of hydrogen-bond donors (Lipinski definition) is 0. The Morgan fingerprint density at radius 3 is 2.35 bits per heavy atom. The molecule has 4 atom stereocenters. The molecule has 0 radical (unpaired) electrons. The van der Waals surface area contributed by atoms with Gasteiger partial charge in [-0.2, -0.15) is 0 Å². The summed E-state index contributed by atoms with van der Waals surface area (Å²) < 4.78 is 30.6. The van der Waals surface area contributed by atoms with Gasteiger partial charge in [-0.25, -0.2) is 0 Å². The first kappa shape index (κ1) is 21.4. The van der Waals surface area contributed by atoms with Crippen LogP contribution in [0, 0.1) is 24.2 Å². The summed E-state index contributed by atoms with van der Waals surface area (Å²) in [6.07, 6.45) is 4.24. The molecule has 0 spiro atoms. The molecule has 2 saturated heterocycles. The van der Waals surface area contributed by atoms with Crippen LogP contribution in [0.5, 0.6) is 0 Å². The Morgan fingerprint density at radius 1 is 1.15 bits per heavy atom. The van der Waals surface area contributed by atoms with Crippen molar-refractivity contribution in [1.82, 2.24) is 0 Å². The first-order chi connectivity index (χ1) is 11.9. The van der Waals surface area contributed by atoms with E-state index in [1.807, 2.05) is 13.8 Å². The molecule has 146 valence electrons. The van der Waals surface area contributed by atoms with E-state index in [1.54, 1.807) is 6.92 Å². The minimum absolute atomic E-state index is 0.0809. The zero-order valence-corrected chi connectivity index (χ0v) is 18.3. The molecule has 2 heterocycles. The molecule has 0 unspecified atom stereocenters. The topological polar surface area (TPSA) is 46.2 Å². The fraction of sp³-hybridized carbons (Fsp3) is 0.800. The number of ether oxygens (including phenoxy) is 4. The summed E-state index contributed by atoms with van der Waals surface area (Å²) in [4.78, 5) is 0. The lowest BCUT2D eigenvalue weighted by molar-refractivity contribution is -0.264. The first-order valence-electron chi connectivity index (χ1n) is 9.06. The molecule has 0 aromatic heterocycles. The van der Waals surface area contributed by atoms with Gasteiger partial charge >= 0.3 is 0 Å². The Morgan fingerprint density at radius 2 is 1.81 bits per heavy atom. The van der Waals surface area contributed by atoms with Gasteiger partial charge in [0.2, 0.25) is 0 Å². The van der Waals surface area contributed by atoms with Crippen molar-refractivity contribution in [3.05, 3.63) is 0 Å². The Labute approximate surface area is 159 Å². The van der Waals surface area contributed by atoms with Crippen LogP contribution in [-0.2, 0) is 23.4 Å². The van der Waals surface area contributed by atoms with E-state index in [4.69, 9.17) is 29.8 Å². The molecule has 2 aliphatic heterocycles. The second kappa shape index (κ2) is 7.28. The van der Waals surface area contributed by atoms with Gasteiger partial charge in [-0.15, -0.1) is 12.3 Å². The molecule has 0 saturated carbocycles. The molecule has 0 aromatic carbocycles. The average Bonchev–Trinajstić information content (AvgIpc) is 2.96. The van der Waals surface area contributed by atoms with Crippen LogP contribution < -0.4 is 0 Å². The maximum Gasteiger partial charge on any atom is 0.265 e. The summed E-state index contributed by atoms with van der Waals surface area (Å²) in [6.45, 7) is 17.0. The van der Waals surface area contributed by atoms with Gasteiger partial charge in [0.25, 0.3) is 5.79 Å². The first-order valence-corrected chi connectivity index (χ1v) is 12.0. The second-order valence-corrected chi connectivity index (χ2v) is 13.6. The number of fused-ring (bicyclic) bond motifs is 1. The van der Waals surface area contributed by atoms with Gasteiger partial charge in [0.15, 0.2) is 20.2 Å². The Kier molecular flexibility index (Phi) is 6.00. The molecule has 6 heteroatoms. The van der Waals surface area contributed by atoms with Gasteiger partial charge in [-0.1, -0.05) is 26.7 Å². The van der Waals surface area contributed by atoms with Crippen LogP contribution in [0.1, 0.15) is 41.5 Å². The van der Waals surface area contributed by atoms with Crippen molar-refractivity contribution in [3.63, 3.8) is 0 Å². The highest BCUT2D eigenvalue weighted by atomic mass is 28.4. The van der Waals surface area contributed by atoms with E-state index in [2.05, 4.69) is 51.6 Å². The normalized spacial score (nSPS) is 33.3. The highest BCUT2D eigenvalue weighted by Crippen LogP contribution is 2.45. The quantitative estimate of drug-likeness (QED) is 0.541. The molecule has 0 bridgehead atoms. The van der Waals surface area contributed by atoms with Crippen LogP contribution in [0.3, 0.4) is 0 Å². The summed E-state index contributed by atoms with van der Waals surface area (Å²) in [7, 11) is -1.93. The molecule has 0 aromatic rings. The smallest absolute Gasteiger partial charge is 0.265 e. The van der Waals surface area contributed by atoms with E-state index in [0.717, 1.165) is 0 Å². The van der Waals surface area contributed by atoms with E-state index < -0.39 is 26.0 Å². The van der Waals surface area contributed by atoms with E-state index in [1.165, 1.54) is 0 Å². The Hall–Kier alpha value is -0.863. The summed E-state index contributed by atoms with van der Waals surface area (Å²) in [5.41, 5.74) is 0. The van der Waals surface area contributed by atoms with E-state index in [-0.39, 0.29) is 23.9 Å². The maximum atomic E-state index is 6.36. The average molecular weight is 381 g/mol. The van der Waals surface area contributed by atoms with Gasteiger partial charge in [0, 0.05) is 0 Å². The molecule has 0 amide bonds. The molecule has 0 N–H and O–H groups in total. The van der Waals surface area contributed by atoms with Crippen LogP contribution in [0.2, 0.25) is 18.1 Å².